The second-order valence-corrected chi connectivity index (χ2v) is 5.95. The van der Waals surface area contributed by atoms with Crippen molar-refractivity contribution in [3.8, 4) is 5.75 Å². The first kappa shape index (κ1) is 15.5. The monoisotopic (exact) mass is 328 g/mol. The number of nitrogens with one attached hydrogen (secondary N) is 1. The third kappa shape index (κ3) is 5.30. The number of ether oxygens (including phenoxy) is 1. The van der Waals surface area contributed by atoms with Gasteiger partial charge in [0, 0.05) is 10.0 Å². The lowest BCUT2D eigenvalue weighted by Gasteiger charge is -2.18. The molecule has 0 fully saturated rings. The number of halogens is 1. The topological polar surface area (TPSA) is 70.9 Å². The lowest BCUT2D eigenvalue weighted by Crippen LogP contribution is -2.29. The molecule has 0 saturated heterocycles. The summed E-state index contributed by atoms with van der Waals surface area (Å²) in [5, 5.41) is 13.6. The number of phenolic OH excluding ortho intramolecular Hbond substituents is 1. The van der Waals surface area contributed by atoms with Crippen molar-refractivity contribution < 1.29 is 14.6 Å². The number of rotatable bonds is 2. The minimum absolute atomic E-state index is 0.123. The summed E-state index contributed by atoms with van der Waals surface area (Å²) in [5.74, 6) is 0.123. The van der Waals surface area contributed by atoms with E-state index in [-0.39, 0.29) is 5.75 Å². The van der Waals surface area contributed by atoms with Crippen molar-refractivity contribution >= 4 is 28.2 Å². The Balaban J connectivity index is 2.71. The number of hydrazone groups is 1. The number of benzene rings is 1. The molecule has 1 amide bonds. The molecule has 0 aromatic heterocycles. The predicted molar refractivity (Wildman–Crippen MR) is 77.5 cm³/mol. The van der Waals surface area contributed by atoms with E-state index in [2.05, 4.69) is 26.5 Å². The van der Waals surface area contributed by atoms with E-state index in [1.165, 1.54) is 6.21 Å². The fourth-order valence-corrected chi connectivity index (χ4v) is 1.91. The Morgan fingerprint density at radius 1 is 1.47 bits per heavy atom. The highest BCUT2D eigenvalue weighted by molar-refractivity contribution is 9.10. The second kappa shape index (κ2) is 6.06. The van der Waals surface area contributed by atoms with Crippen molar-refractivity contribution in [3.63, 3.8) is 0 Å². The van der Waals surface area contributed by atoms with E-state index < -0.39 is 11.7 Å². The summed E-state index contributed by atoms with van der Waals surface area (Å²) in [6.07, 6.45) is 0.715. The fraction of sp³-hybridized carbons (Fsp3) is 0.385. The van der Waals surface area contributed by atoms with E-state index >= 15 is 0 Å². The summed E-state index contributed by atoms with van der Waals surface area (Å²) in [4.78, 5) is 11.3. The largest absolute Gasteiger partial charge is 0.507 e. The summed E-state index contributed by atoms with van der Waals surface area (Å²) in [7, 11) is 0. The molecule has 0 bridgehead atoms. The molecule has 0 radical (unpaired) electrons. The summed E-state index contributed by atoms with van der Waals surface area (Å²) >= 11 is 3.32. The maximum atomic E-state index is 11.3. The average molecular weight is 329 g/mol. The summed E-state index contributed by atoms with van der Waals surface area (Å²) < 4.78 is 5.84. The van der Waals surface area contributed by atoms with Crippen LogP contribution in [0.15, 0.2) is 21.7 Å². The van der Waals surface area contributed by atoms with Gasteiger partial charge in [0.2, 0.25) is 0 Å². The van der Waals surface area contributed by atoms with Crippen molar-refractivity contribution in [2.45, 2.75) is 33.3 Å². The second-order valence-electron chi connectivity index (χ2n) is 5.03. The van der Waals surface area contributed by atoms with Crippen LogP contribution in [-0.2, 0) is 4.74 Å². The molecule has 0 aliphatic rings. The molecule has 0 aliphatic heterocycles. The Morgan fingerprint density at radius 2 is 2.11 bits per heavy atom. The van der Waals surface area contributed by atoms with Crippen LogP contribution >= 0.6 is 15.9 Å². The van der Waals surface area contributed by atoms with Gasteiger partial charge >= 0.3 is 6.09 Å². The lowest BCUT2D eigenvalue weighted by atomic mass is 10.1. The van der Waals surface area contributed by atoms with Gasteiger partial charge in [0.15, 0.2) is 0 Å². The first-order chi connectivity index (χ1) is 8.69. The van der Waals surface area contributed by atoms with E-state index in [0.29, 0.717) is 11.1 Å². The van der Waals surface area contributed by atoms with Gasteiger partial charge < -0.3 is 9.84 Å². The normalized spacial score (nSPS) is 11.6. The van der Waals surface area contributed by atoms with E-state index in [9.17, 15) is 9.90 Å². The number of carbonyl (C=O) groups is 1. The van der Waals surface area contributed by atoms with Crippen LogP contribution in [0.25, 0.3) is 0 Å². The van der Waals surface area contributed by atoms with E-state index in [0.717, 1.165) is 4.47 Å². The highest BCUT2D eigenvalue weighted by Crippen LogP contribution is 2.25. The first-order valence-corrected chi connectivity index (χ1v) is 6.49. The molecule has 104 valence electrons. The smallest absolute Gasteiger partial charge is 0.428 e. The Bertz CT molecular complexity index is 507. The maximum absolute atomic E-state index is 11.3. The van der Waals surface area contributed by atoms with Gasteiger partial charge in [-0.2, -0.15) is 5.10 Å². The molecule has 0 saturated carbocycles. The fourth-order valence-electron chi connectivity index (χ4n) is 1.32. The van der Waals surface area contributed by atoms with Crippen molar-refractivity contribution in [1.82, 2.24) is 5.43 Å². The zero-order valence-electron chi connectivity index (χ0n) is 11.3. The minimum Gasteiger partial charge on any atom is -0.507 e. The van der Waals surface area contributed by atoms with Gasteiger partial charge in [0.05, 0.1) is 6.21 Å². The highest BCUT2D eigenvalue weighted by atomic mass is 79.9. The van der Waals surface area contributed by atoms with Crippen LogP contribution in [0.3, 0.4) is 0 Å². The van der Waals surface area contributed by atoms with Crippen molar-refractivity contribution in [3.05, 3.63) is 27.7 Å². The molecule has 19 heavy (non-hydrogen) atoms. The van der Waals surface area contributed by atoms with Crippen LogP contribution in [-0.4, -0.2) is 23.0 Å². The van der Waals surface area contributed by atoms with Crippen molar-refractivity contribution in [2.75, 3.05) is 0 Å². The molecular formula is C13H17BrN2O3. The molecule has 1 aromatic carbocycles. The molecular weight excluding hydrogens is 312 g/mol. The first-order valence-electron chi connectivity index (χ1n) is 5.70. The van der Waals surface area contributed by atoms with Crippen molar-refractivity contribution in [2.24, 2.45) is 5.10 Å². The summed E-state index contributed by atoms with van der Waals surface area (Å²) in [6, 6.07) is 3.48. The molecule has 5 nitrogen and oxygen atoms in total. The molecule has 0 spiro atoms. The highest BCUT2D eigenvalue weighted by Gasteiger charge is 2.15. The molecule has 1 rings (SSSR count). The number of aryl methyl sites for hydroxylation is 1. The zero-order valence-corrected chi connectivity index (χ0v) is 12.9. The van der Waals surface area contributed by atoms with Crippen LogP contribution in [0.1, 0.15) is 31.9 Å². The van der Waals surface area contributed by atoms with Crippen molar-refractivity contribution in [1.29, 1.82) is 0 Å². The zero-order chi connectivity index (χ0) is 14.6. The molecule has 0 heterocycles. The predicted octanol–water partition coefficient (Wildman–Crippen LogP) is 3.32. The van der Waals surface area contributed by atoms with Gasteiger partial charge in [0.1, 0.15) is 11.4 Å². The van der Waals surface area contributed by atoms with Gasteiger partial charge in [0.25, 0.3) is 0 Å². The number of hydrogen-bond acceptors (Lipinski definition) is 4. The maximum Gasteiger partial charge on any atom is 0.428 e. The Kier molecular flexibility index (Phi) is 4.94. The number of amides is 1. The quantitative estimate of drug-likeness (QED) is 0.646. The van der Waals surface area contributed by atoms with Gasteiger partial charge in [-0.25, -0.2) is 10.2 Å². The van der Waals surface area contributed by atoms with Gasteiger partial charge in [-0.05, 0) is 45.4 Å². The van der Waals surface area contributed by atoms with Crippen LogP contribution in [0.2, 0.25) is 0 Å². The summed E-state index contributed by atoms with van der Waals surface area (Å²) in [5.41, 5.74) is 2.88. The van der Waals surface area contributed by atoms with Crippen LogP contribution in [0.4, 0.5) is 4.79 Å². The SMILES string of the molecule is Cc1cc(Br)cc(C=NNC(=O)OC(C)(C)C)c1O. The van der Waals surface area contributed by atoms with E-state index in [1.54, 1.807) is 39.8 Å². The average Bonchev–Trinajstić information content (AvgIpc) is 2.22. The number of hydrogen-bond donors (Lipinski definition) is 2. The van der Waals surface area contributed by atoms with Gasteiger partial charge in [-0.3, -0.25) is 0 Å². The molecule has 6 heteroatoms. The molecule has 0 unspecified atom stereocenters. The number of carbonyl (C=O) groups excluding carboxylic acids is 1. The summed E-state index contributed by atoms with van der Waals surface area (Å²) in [6.45, 7) is 7.07. The molecule has 2 N–H and O–H groups in total. The van der Waals surface area contributed by atoms with E-state index in [1.807, 2.05) is 0 Å². The number of nitrogens with zero attached hydrogens (tertiary/aromatic N) is 1. The van der Waals surface area contributed by atoms with E-state index in [4.69, 9.17) is 4.74 Å². The van der Waals surface area contributed by atoms with Crippen LogP contribution in [0.5, 0.6) is 5.75 Å². The number of phenols is 1. The van der Waals surface area contributed by atoms with Gasteiger partial charge in [-0.1, -0.05) is 15.9 Å². The van der Waals surface area contributed by atoms with Crippen LogP contribution in [0, 0.1) is 6.92 Å². The third-order valence-corrected chi connectivity index (χ3v) is 2.51. The number of aromatic hydroxyl groups is 1. The Hall–Kier alpha value is -1.56. The molecule has 1 aromatic rings. The molecule has 0 aliphatic carbocycles. The third-order valence-electron chi connectivity index (χ3n) is 2.05. The Morgan fingerprint density at radius 3 is 2.68 bits per heavy atom. The molecule has 0 atom stereocenters. The van der Waals surface area contributed by atoms with Crippen LogP contribution < -0.4 is 5.43 Å². The standard InChI is InChI=1S/C13H17BrN2O3/c1-8-5-10(14)6-9(11(8)17)7-15-16-12(18)19-13(2,3)4/h5-7,17H,1-4H3,(H,16,18). The Labute approximate surface area is 120 Å². The minimum atomic E-state index is -0.644. The van der Waals surface area contributed by atoms with Gasteiger partial charge in [-0.15, -0.1) is 0 Å². The lowest BCUT2D eigenvalue weighted by molar-refractivity contribution is 0.0529.